The van der Waals surface area contributed by atoms with Crippen molar-refractivity contribution in [1.82, 2.24) is 0 Å². The van der Waals surface area contributed by atoms with Gasteiger partial charge in [0.15, 0.2) is 12.2 Å². The average Bonchev–Trinajstić information content (AvgIpc) is 0.901. The van der Waals surface area contributed by atoms with Crippen LogP contribution in [0.5, 0.6) is 0 Å². The van der Waals surface area contributed by atoms with Crippen LogP contribution >= 0.6 is 15.6 Å². The van der Waals surface area contributed by atoms with Crippen LogP contribution in [0.1, 0.15) is 459 Å². The van der Waals surface area contributed by atoms with E-state index in [-0.39, 0.29) is 25.7 Å². The molecule has 0 aliphatic rings. The lowest BCUT2D eigenvalue weighted by atomic mass is 10.0. The number of unbranched alkanes of at least 4 members (excludes halogenated alkanes) is 53. The maximum absolute atomic E-state index is 13.2. The van der Waals surface area contributed by atoms with Gasteiger partial charge in [-0.05, 0) is 43.4 Å². The van der Waals surface area contributed by atoms with E-state index < -0.39 is 97.5 Å². The molecule has 2 unspecified atom stereocenters. The molecule has 0 saturated heterocycles. The molecule has 630 valence electrons. The summed E-state index contributed by atoms with van der Waals surface area (Å²) < 4.78 is 68.9. The van der Waals surface area contributed by atoms with E-state index in [0.717, 1.165) is 108 Å². The predicted molar refractivity (Wildman–Crippen MR) is 437 cm³/mol. The Balaban J connectivity index is 5.23. The quantitative estimate of drug-likeness (QED) is 0.0222. The summed E-state index contributed by atoms with van der Waals surface area (Å²) in [5.41, 5.74) is 0. The number of phosphoric acid groups is 2. The molecule has 0 spiro atoms. The summed E-state index contributed by atoms with van der Waals surface area (Å²) in [5.74, 6) is 0.207. The van der Waals surface area contributed by atoms with Gasteiger partial charge in [-0.15, -0.1) is 0 Å². The van der Waals surface area contributed by atoms with Crippen LogP contribution in [0.2, 0.25) is 0 Å². The molecule has 0 amide bonds. The summed E-state index contributed by atoms with van der Waals surface area (Å²) in [6.07, 6.45) is 68.2. The van der Waals surface area contributed by atoms with Gasteiger partial charge >= 0.3 is 39.5 Å². The minimum absolute atomic E-state index is 0.107. The summed E-state index contributed by atoms with van der Waals surface area (Å²) in [5, 5.41) is 10.7. The molecule has 0 aliphatic carbocycles. The highest BCUT2D eigenvalue weighted by atomic mass is 31.2. The monoisotopic (exact) mass is 1550 g/mol. The predicted octanol–water partition coefficient (Wildman–Crippen LogP) is 26.5. The first-order valence-electron chi connectivity index (χ1n) is 44.8. The Kier molecular flexibility index (Phi) is 75.6. The van der Waals surface area contributed by atoms with Crippen LogP contribution in [-0.4, -0.2) is 96.7 Å². The van der Waals surface area contributed by atoms with Crippen molar-refractivity contribution in [3.8, 4) is 0 Å². The molecule has 0 aromatic heterocycles. The highest BCUT2D eigenvalue weighted by Gasteiger charge is 2.30. The summed E-state index contributed by atoms with van der Waals surface area (Å²) in [6, 6.07) is 0. The first kappa shape index (κ1) is 104. The van der Waals surface area contributed by atoms with Crippen LogP contribution in [0.4, 0.5) is 0 Å². The van der Waals surface area contributed by atoms with Crippen molar-refractivity contribution < 1.29 is 80.2 Å². The van der Waals surface area contributed by atoms with Crippen LogP contribution < -0.4 is 0 Å². The lowest BCUT2D eigenvalue weighted by Crippen LogP contribution is -2.30. The number of carbonyl (C=O) groups excluding carboxylic acids is 4. The van der Waals surface area contributed by atoms with E-state index in [9.17, 15) is 43.2 Å². The van der Waals surface area contributed by atoms with Crippen LogP contribution in [-0.2, 0) is 65.4 Å². The van der Waals surface area contributed by atoms with Gasteiger partial charge in [0.2, 0.25) is 0 Å². The third kappa shape index (κ3) is 80.1. The molecule has 0 aliphatic heterocycles. The minimum atomic E-state index is -4.97. The van der Waals surface area contributed by atoms with Gasteiger partial charge in [-0.25, -0.2) is 9.13 Å². The molecular weight excluding hydrogens is 1380 g/mol. The molecule has 17 nitrogen and oxygen atoms in total. The molecule has 5 atom stereocenters. The summed E-state index contributed by atoms with van der Waals surface area (Å²) in [4.78, 5) is 73.2. The van der Waals surface area contributed by atoms with E-state index in [2.05, 4.69) is 48.5 Å². The molecule has 0 radical (unpaired) electrons. The van der Waals surface area contributed by atoms with E-state index in [1.54, 1.807) is 0 Å². The Morgan fingerprint density at radius 2 is 0.434 bits per heavy atom. The van der Waals surface area contributed by atoms with E-state index in [1.807, 2.05) is 0 Å². The third-order valence-corrected chi connectivity index (χ3v) is 22.3. The number of rotatable bonds is 85. The van der Waals surface area contributed by atoms with Gasteiger partial charge in [0.05, 0.1) is 26.4 Å². The zero-order chi connectivity index (χ0) is 77.9. The lowest BCUT2D eigenvalue weighted by molar-refractivity contribution is -0.161. The number of esters is 4. The van der Waals surface area contributed by atoms with Crippen LogP contribution in [0.25, 0.3) is 0 Å². The normalized spacial score (nSPS) is 13.9. The largest absolute Gasteiger partial charge is 0.472 e. The van der Waals surface area contributed by atoms with Gasteiger partial charge < -0.3 is 33.8 Å². The Labute approximate surface area is 651 Å². The molecule has 0 aromatic carbocycles. The SMILES string of the molecule is CCCCCCCCCCCCCCCCCCCCCC(=O)OC[C@H](COP(=O)(O)OC[C@@H](O)COP(=O)(O)OC[C@@H](COC(=O)CCCCCCCCCC(C)C)OC(=O)CCCCCCCCCCCCCCCC(C)C)OC(=O)CCCCCCCCCCCCCCCCCCCCC(C)C. The molecule has 0 saturated carbocycles. The first-order chi connectivity index (χ1) is 51.2. The van der Waals surface area contributed by atoms with Crippen molar-refractivity contribution in [2.24, 2.45) is 17.8 Å². The zero-order valence-electron chi connectivity index (χ0n) is 69.9. The number of hydrogen-bond acceptors (Lipinski definition) is 15. The maximum Gasteiger partial charge on any atom is 0.472 e. The van der Waals surface area contributed by atoms with E-state index in [1.165, 1.54) is 263 Å². The molecule has 0 heterocycles. The van der Waals surface area contributed by atoms with Gasteiger partial charge in [0.25, 0.3) is 0 Å². The fourth-order valence-corrected chi connectivity index (χ4v) is 15.1. The van der Waals surface area contributed by atoms with E-state index in [0.29, 0.717) is 31.6 Å². The van der Waals surface area contributed by atoms with Crippen molar-refractivity contribution in [2.45, 2.75) is 478 Å². The molecule has 0 bridgehead atoms. The van der Waals surface area contributed by atoms with Crippen molar-refractivity contribution >= 4 is 39.5 Å². The van der Waals surface area contributed by atoms with Crippen molar-refractivity contribution in [2.75, 3.05) is 39.6 Å². The minimum Gasteiger partial charge on any atom is -0.462 e. The highest BCUT2D eigenvalue weighted by Crippen LogP contribution is 2.45. The van der Waals surface area contributed by atoms with Gasteiger partial charge in [0, 0.05) is 25.7 Å². The second-order valence-corrected chi connectivity index (χ2v) is 35.6. The van der Waals surface area contributed by atoms with Gasteiger partial charge in [0.1, 0.15) is 19.3 Å². The number of ether oxygens (including phenoxy) is 4. The Hall–Kier alpha value is -1.94. The smallest absolute Gasteiger partial charge is 0.462 e. The third-order valence-electron chi connectivity index (χ3n) is 20.4. The van der Waals surface area contributed by atoms with Crippen LogP contribution in [0.15, 0.2) is 0 Å². The highest BCUT2D eigenvalue weighted by molar-refractivity contribution is 7.47. The topological polar surface area (TPSA) is 237 Å². The molecule has 0 rings (SSSR count). The summed E-state index contributed by atoms with van der Waals surface area (Å²) in [7, 11) is -9.93. The van der Waals surface area contributed by atoms with Gasteiger partial charge in [-0.1, -0.05) is 408 Å². The molecule has 0 fully saturated rings. The van der Waals surface area contributed by atoms with Crippen molar-refractivity contribution in [1.29, 1.82) is 0 Å². The number of aliphatic hydroxyl groups is 1. The molecule has 106 heavy (non-hydrogen) atoms. The number of hydrogen-bond donors (Lipinski definition) is 3. The first-order valence-corrected chi connectivity index (χ1v) is 47.8. The molecule has 3 N–H and O–H groups in total. The fourth-order valence-electron chi connectivity index (χ4n) is 13.5. The van der Waals surface area contributed by atoms with Gasteiger partial charge in [-0.3, -0.25) is 37.3 Å². The van der Waals surface area contributed by atoms with E-state index in [4.69, 9.17) is 37.0 Å². The lowest BCUT2D eigenvalue weighted by Gasteiger charge is -2.21. The Morgan fingerprint density at radius 3 is 0.642 bits per heavy atom. The van der Waals surface area contributed by atoms with Gasteiger partial charge in [-0.2, -0.15) is 0 Å². The fraction of sp³-hybridized carbons (Fsp3) is 0.954. The summed E-state index contributed by atoms with van der Waals surface area (Å²) in [6.45, 7) is 12.0. The number of phosphoric ester groups is 2. The summed E-state index contributed by atoms with van der Waals surface area (Å²) >= 11 is 0. The van der Waals surface area contributed by atoms with Crippen LogP contribution in [0.3, 0.4) is 0 Å². The van der Waals surface area contributed by atoms with Crippen molar-refractivity contribution in [3.63, 3.8) is 0 Å². The number of aliphatic hydroxyl groups excluding tert-OH is 1. The molecule has 0 aromatic rings. The second kappa shape index (κ2) is 77.0. The Bertz CT molecular complexity index is 2040. The zero-order valence-corrected chi connectivity index (χ0v) is 71.7. The van der Waals surface area contributed by atoms with Crippen molar-refractivity contribution in [3.05, 3.63) is 0 Å². The maximum atomic E-state index is 13.2. The van der Waals surface area contributed by atoms with Crippen LogP contribution in [0, 0.1) is 17.8 Å². The Morgan fingerprint density at radius 1 is 0.255 bits per heavy atom. The standard InChI is InChI=1S/C87H170O17P2/c1-8-9-10-11-12-13-14-15-16-17-18-22-25-30-35-40-47-54-61-68-84(89)97-74-82(103-86(91)70-63-56-48-41-36-31-26-23-20-19-21-24-28-33-38-44-51-58-65-78(2)3)76-101-105(93,94)99-72-81(88)73-100-106(95,96)102-77-83(75-98-85(90)69-62-55-50-43-46-53-60-67-80(6)7)104-87(92)71-64-57-49-42-37-32-27-29-34-39-45-52-59-66-79(4)5/h78-83,88H,8-77H2,1-7H3,(H,93,94)(H,95,96)/t81-,82-,83-/m1/s1. The average molecular weight is 1550 g/mol. The number of carbonyl (C=O) groups is 4. The second-order valence-electron chi connectivity index (χ2n) is 32.7. The van der Waals surface area contributed by atoms with E-state index >= 15 is 0 Å². The molecular formula is C87H170O17P2. The molecule has 19 heteroatoms.